The first-order valence-corrected chi connectivity index (χ1v) is 12.3. The van der Waals surface area contributed by atoms with Crippen LogP contribution in [0.5, 0.6) is 5.75 Å². The number of carbonyl (C=O) groups excluding carboxylic acids is 4. The van der Waals surface area contributed by atoms with Crippen LogP contribution in [0.15, 0.2) is 61.0 Å². The maximum Gasteiger partial charge on any atom is 0.271 e. The van der Waals surface area contributed by atoms with Gasteiger partial charge in [0.05, 0.1) is 17.9 Å². The van der Waals surface area contributed by atoms with Crippen molar-refractivity contribution in [3.05, 3.63) is 72.1 Å². The molecule has 11 heteroatoms. The minimum Gasteiger partial charge on any atom is -0.482 e. The summed E-state index contributed by atoms with van der Waals surface area (Å²) in [7, 11) is 1.67. The number of benzene rings is 2. The van der Waals surface area contributed by atoms with Crippen LogP contribution in [0.3, 0.4) is 0 Å². The average Bonchev–Trinajstić information content (AvgIpc) is 3.26. The molecule has 0 aliphatic carbocycles. The molecule has 1 saturated heterocycles. The van der Waals surface area contributed by atoms with Crippen LogP contribution in [0.25, 0.3) is 11.1 Å². The Hall–Kier alpha value is -4.54. The predicted octanol–water partition coefficient (Wildman–Crippen LogP) is 3.07. The van der Waals surface area contributed by atoms with Crippen LogP contribution in [0.4, 0.5) is 14.5 Å². The van der Waals surface area contributed by atoms with Gasteiger partial charge in [0.15, 0.2) is 6.61 Å². The van der Waals surface area contributed by atoms with Crippen LogP contribution in [0, 0.1) is 0 Å². The summed E-state index contributed by atoms with van der Waals surface area (Å²) >= 11 is 0. The standard InChI is InChI=1S/C28H26F2N4O5/c1-16(26(37)33-11-9-28(29,30)10-12-33)31-25(36)17(2)34-14-21-19(5-4-6-20(21)27(34)38)18-7-8-22-23(13-18)39-15-24(35)32(22)3/h4-8,13H,1-2,9-12,14-15H2,3H3,(H,31,36). The molecule has 0 radical (unpaired) electrons. The van der Waals surface area contributed by atoms with Gasteiger partial charge in [-0.3, -0.25) is 24.1 Å². The molecule has 0 atom stereocenters. The molecule has 4 amide bonds. The molecule has 3 aliphatic rings. The number of anilines is 1. The zero-order valence-electron chi connectivity index (χ0n) is 21.3. The molecule has 9 nitrogen and oxygen atoms in total. The number of halogens is 2. The van der Waals surface area contributed by atoms with E-state index in [1.165, 1.54) is 14.7 Å². The van der Waals surface area contributed by atoms with E-state index in [4.69, 9.17) is 4.74 Å². The number of carbonyl (C=O) groups is 4. The molecule has 2 aromatic rings. The van der Waals surface area contributed by atoms with Gasteiger partial charge in [0.1, 0.15) is 11.4 Å². The largest absolute Gasteiger partial charge is 0.482 e. The monoisotopic (exact) mass is 536 g/mol. The smallest absolute Gasteiger partial charge is 0.271 e. The Morgan fingerprint density at radius 1 is 1.05 bits per heavy atom. The van der Waals surface area contributed by atoms with Crippen LogP contribution >= 0.6 is 0 Å². The average molecular weight is 537 g/mol. The van der Waals surface area contributed by atoms with Crippen molar-refractivity contribution < 1.29 is 32.7 Å². The molecule has 0 unspecified atom stereocenters. The van der Waals surface area contributed by atoms with E-state index in [1.54, 1.807) is 31.3 Å². The number of rotatable bonds is 5. The highest BCUT2D eigenvalue weighted by Gasteiger charge is 2.37. The van der Waals surface area contributed by atoms with Crippen molar-refractivity contribution in [3.8, 4) is 16.9 Å². The first-order chi connectivity index (χ1) is 18.5. The van der Waals surface area contributed by atoms with Crippen molar-refractivity contribution in [1.82, 2.24) is 15.1 Å². The summed E-state index contributed by atoms with van der Waals surface area (Å²) in [5, 5.41) is 2.36. The van der Waals surface area contributed by atoms with E-state index in [2.05, 4.69) is 18.5 Å². The van der Waals surface area contributed by atoms with Crippen LogP contribution in [-0.4, -0.2) is 66.1 Å². The summed E-state index contributed by atoms with van der Waals surface area (Å²) in [5.41, 5.74) is 2.77. The van der Waals surface area contributed by atoms with Gasteiger partial charge in [-0.25, -0.2) is 8.78 Å². The predicted molar refractivity (Wildman–Crippen MR) is 138 cm³/mol. The van der Waals surface area contributed by atoms with Gasteiger partial charge in [0.2, 0.25) is 0 Å². The molecule has 0 saturated carbocycles. The summed E-state index contributed by atoms with van der Waals surface area (Å²) in [6.45, 7) is 7.04. The third-order valence-corrected chi connectivity index (χ3v) is 7.22. The van der Waals surface area contributed by atoms with Gasteiger partial charge in [-0.15, -0.1) is 0 Å². The second-order valence-corrected chi connectivity index (χ2v) is 9.67. The Labute approximate surface area is 223 Å². The summed E-state index contributed by atoms with van der Waals surface area (Å²) in [6, 6.07) is 10.6. The Balaban J connectivity index is 1.30. The van der Waals surface area contributed by atoms with Gasteiger partial charge in [0, 0.05) is 38.5 Å². The third-order valence-electron chi connectivity index (χ3n) is 7.22. The minimum atomic E-state index is -2.82. The molecule has 2 aromatic carbocycles. The van der Waals surface area contributed by atoms with E-state index in [0.29, 0.717) is 22.6 Å². The van der Waals surface area contributed by atoms with Crippen LogP contribution in [0.1, 0.15) is 28.8 Å². The fraction of sp³-hybridized carbons (Fsp3) is 0.286. The van der Waals surface area contributed by atoms with Crippen molar-refractivity contribution in [2.24, 2.45) is 0 Å². The third kappa shape index (κ3) is 4.75. The lowest BCUT2D eigenvalue weighted by atomic mass is 9.96. The Morgan fingerprint density at radius 3 is 2.46 bits per heavy atom. The SMILES string of the molecule is C=C(NC(=O)C(=C)N1Cc2c(cccc2-c2ccc3c(c2)OCC(=O)N3C)C1=O)C(=O)N1CCC(F)(F)CC1. The molecular formula is C28H26F2N4O5. The quantitative estimate of drug-likeness (QED) is 0.593. The number of amides is 4. The van der Waals surface area contributed by atoms with E-state index in [0.717, 1.165) is 11.1 Å². The van der Waals surface area contributed by atoms with Gasteiger partial charge in [-0.1, -0.05) is 31.4 Å². The lowest BCUT2D eigenvalue weighted by molar-refractivity contribution is -0.134. The Kier molecular flexibility index (Phi) is 6.45. The summed E-state index contributed by atoms with van der Waals surface area (Å²) < 4.78 is 32.4. The molecule has 5 rings (SSSR count). The molecule has 3 heterocycles. The molecule has 0 bridgehead atoms. The highest BCUT2D eigenvalue weighted by molar-refractivity contribution is 6.08. The van der Waals surface area contributed by atoms with Crippen molar-refractivity contribution in [1.29, 1.82) is 0 Å². The number of fused-ring (bicyclic) bond motifs is 2. The fourth-order valence-electron chi connectivity index (χ4n) is 4.88. The number of alkyl halides is 2. The Morgan fingerprint density at radius 2 is 1.74 bits per heavy atom. The van der Waals surface area contributed by atoms with Crippen LogP contribution < -0.4 is 15.0 Å². The van der Waals surface area contributed by atoms with Crippen molar-refractivity contribution >= 4 is 29.3 Å². The van der Waals surface area contributed by atoms with Crippen LogP contribution in [-0.2, 0) is 20.9 Å². The van der Waals surface area contributed by atoms with Crippen molar-refractivity contribution in [2.75, 3.05) is 31.6 Å². The van der Waals surface area contributed by atoms with Gasteiger partial charge < -0.3 is 19.9 Å². The number of likely N-dealkylation sites (N-methyl/N-ethyl adjacent to an activating group) is 1. The number of hydrogen-bond donors (Lipinski definition) is 1. The van der Waals surface area contributed by atoms with E-state index in [-0.39, 0.29) is 43.5 Å². The molecule has 39 heavy (non-hydrogen) atoms. The van der Waals surface area contributed by atoms with E-state index >= 15 is 0 Å². The van der Waals surface area contributed by atoms with Crippen LogP contribution in [0.2, 0.25) is 0 Å². The number of likely N-dealkylation sites (tertiary alicyclic amines) is 1. The lowest BCUT2D eigenvalue weighted by Gasteiger charge is -2.32. The number of nitrogens with one attached hydrogen (secondary N) is 1. The van der Waals surface area contributed by atoms with Crippen molar-refractivity contribution in [2.45, 2.75) is 25.3 Å². The second-order valence-electron chi connectivity index (χ2n) is 9.67. The molecular weight excluding hydrogens is 510 g/mol. The zero-order valence-corrected chi connectivity index (χ0v) is 21.3. The molecule has 3 aliphatic heterocycles. The number of nitrogens with zero attached hydrogens (tertiary/aromatic N) is 3. The van der Waals surface area contributed by atoms with Gasteiger partial charge in [-0.05, 0) is 34.9 Å². The lowest BCUT2D eigenvalue weighted by Crippen LogP contribution is -2.46. The highest BCUT2D eigenvalue weighted by atomic mass is 19.3. The molecule has 0 aromatic heterocycles. The minimum absolute atomic E-state index is 0.0640. The fourth-order valence-corrected chi connectivity index (χ4v) is 4.88. The highest BCUT2D eigenvalue weighted by Crippen LogP contribution is 2.39. The first-order valence-electron chi connectivity index (χ1n) is 12.3. The number of piperidine rings is 1. The molecule has 1 fully saturated rings. The normalized spacial score (nSPS) is 17.8. The maximum absolute atomic E-state index is 13.4. The van der Waals surface area contributed by atoms with Crippen molar-refractivity contribution in [3.63, 3.8) is 0 Å². The van der Waals surface area contributed by atoms with Gasteiger partial charge in [-0.2, -0.15) is 0 Å². The molecule has 1 N–H and O–H groups in total. The number of hydrogen-bond acceptors (Lipinski definition) is 5. The van der Waals surface area contributed by atoms with Gasteiger partial charge >= 0.3 is 0 Å². The number of ether oxygens (including phenoxy) is 1. The van der Waals surface area contributed by atoms with E-state index in [1.807, 2.05) is 12.1 Å². The maximum atomic E-state index is 13.4. The summed E-state index contributed by atoms with van der Waals surface area (Å²) in [6.07, 6.45) is -0.915. The molecule has 202 valence electrons. The topological polar surface area (TPSA) is 99.3 Å². The zero-order chi connectivity index (χ0) is 28.1. The first kappa shape index (κ1) is 26.1. The second kappa shape index (κ2) is 9.64. The van der Waals surface area contributed by atoms with E-state index < -0.39 is 36.5 Å². The summed E-state index contributed by atoms with van der Waals surface area (Å²) in [5.74, 6) is -4.32. The summed E-state index contributed by atoms with van der Waals surface area (Å²) in [4.78, 5) is 54.6. The Bertz CT molecular complexity index is 1440. The van der Waals surface area contributed by atoms with Gasteiger partial charge in [0.25, 0.3) is 29.6 Å². The molecule has 0 spiro atoms. The van der Waals surface area contributed by atoms with E-state index in [9.17, 15) is 28.0 Å².